The molecule has 12 heteroatoms. The lowest BCUT2D eigenvalue weighted by atomic mass is 9.87. The summed E-state index contributed by atoms with van der Waals surface area (Å²) in [5, 5.41) is -0.571. The van der Waals surface area contributed by atoms with Gasteiger partial charge in [-0.1, -0.05) is 18.5 Å². The van der Waals surface area contributed by atoms with Crippen LogP contribution in [0.1, 0.15) is 43.7 Å². The van der Waals surface area contributed by atoms with Crippen LogP contribution in [0.3, 0.4) is 0 Å². The molecule has 202 valence electrons. The third-order valence-electron chi connectivity index (χ3n) is 7.21. The molecule has 0 saturated carbocycles. The molecule has 2 aliphatic rings. The normalized spacial score (nSPS) is 18.8. The minimum Gasteiger partial charge on any atom is -0.473 e. The first-order chi connectivity index (χ1) is 18.0. The zero-order chi connectivity index (χ0) is 27.2. The fourth-order valence-electron chi connectivity index (χ4n) is 5.25. The Labute approximate surface area is 219 Å². The predicted molar refractivity (Wildman–Crippen MR) is 130 cm³/mol. The molecule has 0 N–H and O–H groups in total. The second kappa shape index (κ2) is 9.76. The third kappa shape index (κ3) is 4.79. The first kappa shape index (κ1) is 26.3. The largest absolute Gasteiger partial charge is 0.473 e. The van der Waals surface area contributed by atoms with Crippen LogP contribution in [-0.2, 0) is 19.3 Å². The highest BCUT2D eigenvalue weighted by molar-refractivity contribution is 6.31. The zero-order valence-electron chi connectivity index (χ0n) is 20.2. The van der Waals surface area contributed by atoms with Gasteiger partial charge in [-0.25, -0.2) is 13.6 Å². The number of ether oxygens (including phenoxy) is 2. The van der Waals surface area contributed by atoms with E-state index in [1.54, 1.807) is 10.6 Å². The molecule has 0 aliphatic carbocycles. The van der Waals surface area contributed by atoms with Crippen LogP contribution in [0.15, 0.2) is 41.2 Å². The van der Waals surface area contributed by atoms with Gasteiger partial charge in [0.05, 0.1) is 10.6 Å². The minimum absolute atomic E-state index is 0.00188. The van der Waals surface area contributed by atoms with Crippen molar-refractivity contribution >= 4 is 17.4 Å². The molecule has 1 aromatic heterocycles. The maximum Gasteiger partial charge on any atom is 0.417 e. The minimum atomic E-state index is -4.77. The van der Waals surface area contributed by atoms with Gasteiger partial charge in [0.1, 0.15) is 18.2 Å². The van der Waals surface area contributed by atoms with Crippen molar-refractivity contribution in [2.45, 2.75) is 57.5 Å². The number of fused-ring (bicyclic) bond motifs is 3. The molecule has 3 heterocycles. The smallest absolute Gasteiger partial charge is 0.417 e. The summed E-state index contributed by atoms with van der Waals surface area (Å²) in [5.74, 6) is -2.85. The van der Waals surface area contributed by atoms with Crippen LogP contribution in [0.4, 0.5) is 27.8 Å². The number of alkyl halides is 3. The Morgan fingerprint density at radius 2 is 1.82 bits per heavy atom. The Hall–Kier alpha value is -3.34. The van der Waals surface area contributed by atoms with Gasteiger partial charge in [-0.2, -0.15) is 18.2 Å². The van der Waals surface area contributed by atoms with Gasteiger partial charge in [-0.15, -0.1) is 0 Å². The molecule has 1 atom stereocenters. The van der Waals surface area contributed by atoms with E-state index in [0.717, 1.165) is 56.5 Å². The maximum absolute atomic E-state index is 14.7. The highest BCUT2D eigenvalue weighted by atomic mass is 35.5. The van der Waals surface area contributed by atoms with E-state index in [1.165, 1.54) is 0 Å². The second-order valence-electron chi connectivity index (χ2n) is 9.39. The summed E-state index contributed by atoms with van der Waals surface area (Å²) >= 11 is 5.58. The molecule has 3 aromatic rings. The van der Waals surface area contributed by atoms with Crippen LogP contribution in [0.25, 0.3) is 0 Å². The number of hydrogen-bond donors (Lipinski definition) is 0. The van der Waals surface area contributed by atoms with Crippen molar-refractivity contribution in [2.24, 2.45) is 0 Å². The lowest BCUT2D eigenvalue weighted by Crippen LogP contribution is -2.51. The maximum atomic E-state index is 14.7. The fraction of sp³-hybridized carbons (Fsp3) is 0.385. The average Bonchev–Trinajstić information content (AvgIpc) is 3.30. The van der Waals surface area contributed by atoms with Gasteiger partial charge in [-0.3, -0.25) is 4.57 Å². The van der Waals surface area contributed by atoms with E-state index in [-0.39, 0.29) is 23.6 Å². The summed E-state index contributed by atoms with van der Waals surface area (Å²) in [7, 11) is 0. The van der Waals surface area contributed by atoms with E-state index < -0.39 is 45.6 Å². The van der Waals surface area contributed by atoms with Crippen molar-refractivity contribution in [1.82, 2.24) is 9.55 Å². The summed E-state index contributed by atoms with van der Waals surface area (Å²) in [6, 6.07) is 6.10. The number of rotatable bonds is 6. The molecule has 0 bridgehead atoms. The van der Waals surface area contributed by atoms with Crippen LogP contribution in [0.5, 0.6) is 17.4 Å². The van der Waals surface area contributed by atoms with Crippen molar-refractivity contribution in [3.63, 3.8) is 0 Å². The van der Waals surface area contributed by atoms with Gasteiger partial charge < -0.3 is 14.4 Å². The number of benzene rings is 2. The van der Waals surface area contributed by atoms with Crippen LogP contribution in [0, 0.1) is 11.6 Å². The van der Waals surface area contributed by atoms with E-state index in [0.29, 0.717) is 18.4 Å². The molecular weight excluding hydrogens is 533 g/mol. The molecule has 2 aromatic carbocycles. The third-order valence-corrected chi connectivity index (χ3v) is 7.54. The van der Waals surface area contributed by atoms with Crippen molar-refractivity contribution in [3.8, 4) is 17.4 Å². The van der Waals surface area contributed by atoms with Crippen molar-refractivity contribution < 1.29 is 31.4 Å². The Kier molecular flexibility index (Phi) is 6.75. The van der Waals surface area contributed by atoms with Crippen molar-refractivity contribution in [2.75, 3.05) is 11.4 Å². The first-order valence-corrected chi connectivity index (χ1v) is 12.4. The molecule has 6 nitrogen and oxygen atoms in total. The zero-order valence-corrected chi connectivity index (χ0v) is 21.0. The molecule has 0 radical (unpaired) electrons. The van der Waals surface area contributed by atoms with Crippen LogP contribution < -0.4 is 20.1 Å². The number of aromatic nitrogens is 2. The number of halogens is 6. The monoisotopic (exact) mass is 555 g/mol. The Morgan fingerprint density at radius 1 is 1.08 bits per heavy atom. The van der Waals surface area contributed by atoms with Crippen LogP contribution in [0.2, 0.25) is 5.02 Å². The van der Waals surface area contributed by atoms with Crippen molar-refractivity contribution in [1.29, 1.82) is 0 Å². The van der Waals surface area contributed by atoms with Crippen molar-refractivity contribution in [3.05, 3.63) is 74.7 Å². The number of nitrogens with zero attached hydrogens (tertiary/aromatic N) is 3. The van der Waals surface area contributed by atoms with Gasteiger partial charge in [0, 0.05) is 24.7 Å². The topological polar surface area (TPSA) is 56.6 Å². The van der Waals surface area contributed by atoms with E-state index in [4.69, 9.17) is 21.1 Å². The summed E-state index contributed by atoms with van der Waals surface area (Å²) in [6.07, 6.45) is -0.911. The quantitative estimate of drug-likeness (QED) is 0.316. The molecule has 1 saturated heterocycles. The van der Waals surface area contributed by atoms with Gasteiger partial charge in [0.25, 0.3) is 0 Å². The molecule has 0 amide bonds. The number of anilines is 1. The standard InChI is InChI=1S/C26H23ClF5N3O3/c1-2-25-6-3-8-35(25)22-13-21(33-24(36)34(22)9-7-25)37-14-15-10-19(28)23(20(29)11-15)38-16-4-5-18(27)17(12-16)26(30,31)32/h4-5,10-13H,2-3,6-9,14H2,1H3. The summed E-state index contributed by atoms with van der Waals surface area (Å²) in [4.78, 5) is 18.8. The first-order valence-electron chi connectivity index (χ1n) is 12.1. The van der Waals surface area contributed by atoms with E-state index in [9.17, 15) is 26.7 Å². The Balaban J connectivity index is 1.34. The van der Waals surface area contributed by atoms with Gasteiger partial charge in [0.15, 0.2) is 17.4 Å². The Bertz CT molecular complexity index is 1420. The van der Waals surface area contributed by atoms with E-state index in [1.807, 2.05) is 0 Å². The summed E-state index contributed by atoms with van der Waals surface area (Å²) in [6.45, 7) is 3.19. The predicted octanol–water partition coefficient (Wildman–Crippen LogP) is 6.72. The highest BCUT2D eigenvalue weighted by Gasteiger charge is 2.43. The van der Waals surface area contributed by atoms with Gasteiger partial charge >= 0.3 is 11.9 Å². The van der Waals surface area contributed by atoms with Gasteiger partial charge in [-0.05, 0) is 61.6 Å². The molecule has 2 aliphatic heterocycles. The molecule has 1 unspecified atom stereocenters. The van der Waals surface area contributed by atoms with Crippen LogP contribution >= 0.6 is 11.6 Å². The molecule has 0 spiro atoms. The van der Waals surface area contributed by atoms with Crippen LogP contribution in [-0.4, -0.2) is 21.6 Å². The lowest BCUT2D eigenvalue weighted by molar-refractivity contribution is -0.137. The summed E-state index contributed by atoms with van der Waals surface area (Å²) in [5.41, 5.74) is -1.58. The highest BCUT2D eigenvalue weighted by Crippen LogP contribution is 2.43. The molecule has 1 fully saturated rings. The fourth-order valence-corrected chi connectivity index (χ4v) is 5.48. The molecule has 38 heavy (non-hydrogen) atoms. The SMILES string of the molecule is CCC12CCCN1c1cc(OCc3cc(F)c(Oc4ccc(Cl)c(C(F)(F)F)c4)c(F)c3)nc(=O)n1CC2. The number of hydrogen-bond acceptors (Lipinski definition) is 5. The van der Waals surface area contributed by atoms with Gasteiger partial charge in [0.2, 0.25) is 5.88 Å². The second-order valence-corrected chi connectivity index (χ2v) is 9.80. The van der Waals surface area contributed by atoms with E-state index in [2.05, 4.69) is 16.8 Å². The summed E-state index contributed by atoms with van der Waals surface area (Å²) < 4.78 is 81.0. The Morgan fingerprint density at radius 3 is 2.50 bits per heavy atom. The lowest BCUT2D eigenvalue weighted by Gasteiger charge is -2.44. The molecular formula is C26H23ClF5N3O3. The molecule has 5 rings (SSSR count). The van der Waals surface area contributed by atoms with E-state index >= 15 is 0 Å². The average molecular weight is 556 g/mol.